The largest absolute Gasteiger partial charge is 0.497 e. The van der Waals surface area contributed by atoms with E-state index in [1.165, 1.54) is 0 Å². The molecule has 0 spiro atoms. The predicted octanol–water partition coefficient (Wildman–Crippen LogP) is 2.06. The molecule has 0 aliphatic heterocycles. The van der Waals surface area contributed by atoms with Crippen LogP contribution in [0.15, 0.2) is 18.2 Å². The van der Waals surface area contributed by atoms with E-state index in [-0.39, 0.29) is 6.61 Å². The summed E-state index contributed by atoms with van der Waals surface area (Å²) in [4.78, 5) is 12.1. The maximum Gasteiger partial charge on any atom is 0.152 e. The normalized spacial score (nSPS) is 11.3. The Morgan fingerprint density at radius 1 is 1.30 bits per heavy atom. The number of benzene rings is 1. The van der Waals surface area contributed by atoms with Crippen molar-refractivity contribution in [2.45, 2.75) is 20.4 Å². The second-order valence-corrected chi connectivity index (χ2v) is 6.56. The van der Waals surface area contributed by atoms with Crippen LogP contribution in [0, 0.1) is 13.8 Å². The smallest absolute Gasteiger partial charge is 0.152 e. The molecule has 2 heterocycles. The van der Waals surface area contributed by atoms with Gasteiger partial charge in [0.2, 0.25) is 0 Å². The van der Waals surface area contributed by atoms with Gasteiger partial charge in [-0.15, -0.1) is 0 Å². The van der Waals surface area contributed by atoms with Crippen molar-refractivity contribution < 1.29 is 14.6 Å². The molecule has 0 atom stereocenters. The highest BCUT2D eigenvalue weighted by molar-refractivity contribution is 6.06. The second kappa shape index (κ2) is 7.94. The first-order valence-electron chi connectivity index (χ1n) is 9.01. The highest BCUT2D eigenvalue weighted by atomic mass is 16.5. The molecule has 0 radical (unpaired) electrons. The van der Waals surface area contributed by atoms with Crippen molar-refractivity contribution in [3.8, 4) is 17.0 Å². The molecule has 7 nitrogen and oxygen atoms in total. The predicted molar refractivity (Wildman–Crippen MR) is 106 cm³/mol. The number of hydrogen-bond acceptors (Lipinski definition) is 5. The topological polar surface area (TPSA) is 81.3 Å². The summed E-state index contributed by atoms with van der Waals surface area (Å²) in [6.45, 7) is 5.95. The number of aryl methyl sites for hydroxylation is 2. The number of hydrogen-bond donors (Lipinski definition) is 2. The lowest BCUT2D eigenvalue weighted by atomic mass is 10.0. The zero-order valence-corrected chi connectivity index (χ0v) is 16.2. The molecule has 27 heavy (non-hydrogen) atoms. The number of nitrogens with one attached hydrogen (secondary N) is 1. The van der Waals surface area contributed by atoms with Gasteiger partial charge in [0, 0.05) is 54.4 Å². The van der Waals surface area contributed by atoms with E-state index < -0.39 is 0 Å². The van der Waals surface area contributed by atoms with Crippen molar-refractivity contribution in [2.75, 3.05) is 26.8 Å². The van der Waals surface area contributed by atoms with Crippen LogP contribution < -0.4 is 10.1 Å². The van der Waals surface area contributed by atoms with Gasteiger partial charge in [0.05, 0.1) is 25.1 Å². The number of aldehydes is 1. The van der Waals surface area contributed by atoms with E-state index >= 15 is 0 Å². The van der Waals surface area contributed by atoms with Crippen LogP contribution in [0.3, 0.4) is 0 Å². The zero-order chi connectivity index (χ0) is 19.6. The van der Waals surface area contributed by atoms with E-state index in [1.807, 2.05) is 43.8 Å². The molecule has 0 saturated carbocycles. The van der Waals surface area contributed by atoms with Crippen LogP contribution in [0.5, 0.6) is 5.75 Å². The van der Waals surface area contributed by atoms with E-state index in [4.69, 9.17) is 9.84 Å². The molecule has 0 unspecified atom stereocenters. The van der Waals surface area contributed by atoms with Crippen molar-refractivity contribution in [3.63, 3.8) is 0 Å². The van der Waals surface area contributed by atoms with Gasteiger partial charge >= 0.3 is 0 Å². The third-order valence-corrected chi connectivity index (χ3v) is 4.97. The van der Waals surface area contributed by atoms with Gasteiger partial charge in [0.1, 0.15) is 5.75 Å². The lowest BCUT2D eigenvalue weighted by Gasteiger charge is -2.13. The summed E-state index contributed by atoms with van der Waals surface area (Å²) < 4.78 is 9.35. The van der Waals surface area contributed by atoms with Crippen molar-refractivity contribution in [3.05, 3.63) is 35.2 Å². The minimum Gasteiger partial charge on any atom is -0.497 e. The Morgan fingerprint density at radius 3 is 2.67 bits per heavy atom. The second-order valence-electron chi connectivity index (χ2n) is 6.56. The third-order valence-electron chi connectivity index (χ3n) is 4.97. The maximum atomic E-state index is 12.1. The van der Waals surface area contributed by atoms with Gasteiger partial charge in [-0.2, -0.15) is 5.10 Å². The average molecular weight is 370 g/mol. The van der Waals surface area contributed by atoms with Crippen LogP contribution in [0.25, 0.3) is 22.2 Å². The standard InChI is InChI=1S/C20H26N4O3/c1-13-19(14(2)23(3)22-13)20-17(12-26)16-11-15(27-4)5-6-18(16)24(20)9-7-21-8-10-25/h5-6,11-12,21,25H,7-10H2,1-4H3. The number of aromatic nitrogens is 3. The Morgan fingerprint density at radius 2 is 2.07 bits per heavy atom. The maximum absolute atomic E-state index is 12.1. The number of methoxy groups -OCH3 is 1. The minimum absolute atomic E-state index is 0.0941. The van der Waals surface area contributed by atoms with Crippen molar-refractivity contribution in [2.24, 2.45) is 7.05 Å². The quantitative estimate of drug-likeness (QED) is 0.469. The van der Waals surface area contributed by atoms with E-state index in [1.54, 1.807) is 7.11 Å². The lowest BCUT2D eigenvalue weighted by Crippen LogP contribution is -2.23. The zero-order valence-electron chi connectivity index (χ0n) is 16.2. The van der Waals surface area contributed by atoms with Crippen LogP contribution in [-0.4, -0.2) is 52.5 Å². The third kappa shape index (κ3) is 3.36. The van der Waals surface area contributed by atoms with Gasteiger partial charge in [-0.05, 0) is 32.0 Å². The number of ether oxygens (including phenoxy) is 1. The molecule has 0 fully saturated rings. The molecular weight excluding hydrogens is 344 g/mol. The first-order valence-corrected chi connectivity index (χ1v) is 9.01. The lowest BCUT2D eigenvalue weighted by molar-refractivity contribution is 0.112. The molecule has 2 N–H and O–H groups in total. The van der Waals surface area contributed by atoms with Crippen molar-refractivity contribution in [1.29, 1.82) is 0 Å². The Labute approximate surface area is 158 Å². The van der Waals surface area contributed by atoms with E-state index in [0.717, 1.165) is 39.8 Å². The number of aliphatic hydroxyl groups is 1. The summed E-state index contributed by atoms with van der Waals surface area (Å²) in [7, 11) is 3.53. The Kier molecular flexibility index (Phi) is 5.62. The first kappa shape index (κ1) is 19.1. The molecule has 1 aromatic carbocycles. The summed E-state index contributed by atoms with van der Waals surface area (Å²) in [5.41, 5.74) is 5.37. The van der Waals surface area contributed by atoms with Crippen LogP contribution in [0.4, 0.5) is 0 Å². The Bertz CT molecular complexity index is 972. The van der Waals surface area contributed by atoms with Crippen LogP contribution in [0.1, 0.15) is 21.7 Å². The van der Waals surface area contributed by atoms with E-state index in [9.17, 15) is 4.79 Å². The fourth-order valence-corrected chi connectivity index (χ4v) is 3.62. The molecule has 0 amide bonds. The molecule has 7 heteroatoms. The molecule has 0 saturated heterocycles. The summed E-state index contributed by atoms with van der Waals surface area (Å²) in [5, 5.41) is 17.6. The van der Waals surface area contributed by atoms with Crippen molar-refractivity contribution in [1.82, 2.24) is 19.7 Å². The van der Waals surface area contributed by atoms with Gasteiger partial charge in [0.15, 0.2) is 6.29 Å². The number of carbonyl (C=O) groups excluding carboxylic acids is 1. The molecule has 144 valence electrons. The summed E-state index contributed by atoms with van der Waals surface area (Å²) in [6, 6.07) is 5.79. The van der Waals surface area contributed by atoms with Gasteiger partial charge < -0.3 is 19.7 Å². The van der Waals surface area contributed by atoms with Crippen LogP contribution >= 0.6 is 0 Å². The van der Waals surface area contributed by atoms with Gasteiger partial charge in [-0.1, -0.05) is 0 Å². The van der Waals surface area contributed by atoms with Crippen molar-refractivity contribution >= 4 is 17.2 Å². The first-order chi connectivity index (χ1) is 13.0. The average Bonchev–Trinajstić information content (AvgIpc) is 3.10. The molecule has 3 rings (SSSR count). The number of carbonyl (C=O) groups is 1. The van der Waals surface area contributed by atoms with Gasteiger partial charge in [-0.3, -0.25) is 9.48 Å². The number of nitrogens with zero attached hydrogens (tertiary/aromatic N) is 3. The summed E-state index contributed by atoms with van der Waals surface area (Å²) in [5.74, 6) is 0.715. The van der Waals surface area contributed by atoms with Crippen LogP contribution in [0.2, 0.25) is 0 Å². The highest BCUT2D eigenvalue weighted by Crippen LogP contribution is 2.37. The minimum atomic E-state index is 0.0941. The number of fused-ring (bicyclic) bond motifs is 1. The molecule has 0 aliphatic carbocycles. The SMILES string of the molecule is COc1ccc2c(c1)c(C=O)c(-c1c(C)nn(C)c1C)n2CCNCCO. The summed E-state index contributed by atoms with van der Waals surface area (Å²) in [6.07, 6.45) is 0.917. The Hall–Kier alpha value is -2.64. The number of rotatable bonds is 8. The fraction of sp³-hybridized carbons (Fsp3) is 0.400. The molecule has 2 aromatic heterocycles. The molecule has 3 aromatic rings. The Balaban J connectivity index is 2.26. The number of aliphatic hydroxyl groups excluding tert-OH is 1. The monoisotopic (exact) mass is 370 g/mol. The molecule has 0 bridgehead atoms. The van der Waals surface area contributed by atoms with E-state index in [0.29, 0.717) is 30.9 Å². The highest BCUT2D eigenvalue weighted by Gasteiger charge is 2.23. The summed E-state index contributed by atoms with van der Waals surface area (Å²) >= 11 is 0. The van der Waals surface area contributed by atoms with Gasteiger partial charge in [0.25, 0.3) is 0 Å². The van der Waals surface area contributed by atoms with Crippen LogP contribution in [-0.2, 0) is 13.6 Å². The molecular formula is C20H26N4O3. The van der Waals surface area contributed by atoms with E-state index in [2.05, 4.69) is 15.0 Å². The van der Waals surface area contributed by atoms with Gasteiger partial charge in [-0.25, -0.2) is 0 Å². The fourth-order valence-electron chi connectivity index (χ4n) is 3.62. The molecule has 0 aliphatic rings.